The van der Waals surface area contributed by atoms with Gasteiger partial charge >= 0.3 is 5.97 Å². The number of hydrogen-bond donors (Lipinski definition) is 1. The van der Waals surface area contributed by atoms with Crippen molar-refractivity contribution in [3.05, 3.63) is 42.6 Å². The standard InChI is InChI=1S/C12H10N4O2/c1-15-6-9(12(17)18)11(14-15)8-3-5-16-7-13-4-2-10(8)16/h2-7H,1H3,(H,17,18). The van der Waals surface area contributed by atoms with E-state index in [1.807, 2.05) is 22.7 Å². The average Bonchev–Trinajstić information content (AvgIpc) is 2.92. The van der Waals surface area contributed by atoms with E-state index in [-0.39, 0.29) is 5.56 Å². The number of hydrogen-bond acceptors (Lipinski definition) is 3. The van der Waals surface area contributed by atoms with E-state index in [2.05, 4.69) is 10.1 Å². The molecule has 0 unspecified atom stereocenters. The molecule has 1 N–H and O–H groups in total. The Kier molecular flexibility index (Phi) is 2.16. The maximum atomic E-state index is 11.2. The lowest BCUT2D eigenvalue weighted by Crippen LogP contribution is -1.96. The normalized spacial score (nSPS) is 10.9. The van der Waals surface area contributed by atoms with Crippen molar-refractivity contribution >= 4 is 11.5 Å². The lowest BCUT2D eigenvalue weighted by Gasteiger charge is -1.98. The zero-order valence-corrected chi connectivity index (χ0v) is 9.61. The van der Waals surface area contributed by atoms with Crippen LogP contribution in [0, 0.1) is 0 Å². The Morgan fingerprint density at radius 3 is 3.00 bits per heavy atom. The summed E-state index contributed by atoms with van der Waals surface area (Å²) in [5.74, 6) is -0.980. The first-order chi connectivity index (χ1) is 8.66. The predicted octanol–water partition coefficient (Wildman–Crippen LogP) is 1.43. The van der Waals surface area contributed by atoms with Gasteiger partial charge in [-0.2, -0.15) is 5.10 Å². The van der Waals surface area contributed by atoms with Crippen molar-refractivity contribution in [2.75, 3.05) is 0 Å². The first-order valence-electron chi connectivity index (χ1n) is 5.35. The first kappa shape index (κ1) is 10.5. The Bertz CT molecular complexity index is 741. The largest absolute Gasteiger partial charge is 0.478 e. The second-order valence-corrected chi connectivity index (χ2v) is 3.97. The van der Waals surface area contributed by atoms with Crippen LogP contribution in [0.5, 0.6) is 0 Å². The van der Waals surface area contributed by atoms with E-state index >= 15 is 0 Å². The number of carbonyl (C=O) groups is 1. The lowest BCUT2D eigenvalue weighted by atomic mass is 10.1. The Balaban J connectivity index is 2.29. The smallest absolute Gasteiger partial charge is 0.339 e. The molecule has 90 valence electrons. The van der Waals surface area contributed by atoms with Gasteiger partial charge in [0.05, 0.1) is 11.8 Å². The summed E-state index contributed by atoms with van der Waals surface area (Å²) < 4.78 is 3.33. The van der Waals surface area contributed by atoms with Gasteiger partial charge in [0.1, 0.15) is 11.3 Å². The number of aromatic carboxylic acids is 1. The van der Waals surface area contributed by atoms with Crippen molar-refractivity contribution in [3.63, 3.8) is 0 Å². The van der Waals surface area contributed by atoms with Crippen molar-refractivity contribution < 1.29 is 9.90 Å². The maximum absolute atomic E-state index is 11.2. The van der Waals surface area contributed by atoms with E-state index in [0.717, 1.165) is 11.1 Å². The molecule has 0 aromatic carbocycles. The number of nitrogens with zero attached hydrogens (tertiary/aromatic N) is 4. The lowest BCUT2D eigenvalue weighted by molar-refractivity contribution is 0.0697. The summed E-state index contributed by atoms with van der Waals surface area (Å²) in [5.41, 5.74) is 2.34. The maximum Gasteiger partial charge on any atom is 0.339 e. The predicted molar refractivity (Wildman–Crippen MR) is 64.4 cm³/mol. The number of aryl methyl sites for hydroxylation is 1. The molecule has 0 aliphatic heterocycles. The Morgan fingerprint density at radius 2 is 2.22 bits per heavy atom. The van der Waals surface area contributed by atoms with Gasteiger partial charge in [-0.05, 0) is 12.1 Å². The molecular formula is C12H10N4O2. The molecular weight excluding hydrogens is 232 g/mol. The molecule has 0 saturated carbocycles. The molecule has 3 rings (SSSR count). The summed E-state index contributed by atoms with van der Waals surface area (Å²) in [5, 5.41) is 13.4. The van der Waals surface area contributed by atoms with Crippen LogP contribution in [-0.4, -0.2) is 30.2 Å². The highest BCUT2D eigenvalue weighted by Gasteiger charge is 2.18. The highest BCUT2D eigenvalue weighted by Crippen LogP contribution is 2.26. The van der Waals surface area contributed by atoms with Crippen LogP contribution in [0.1, 0.15) is 10.4 Å². The Morgan fingerprint density at radius 1 is 1.39 bits per heavy atom. The number of rotatable bonds is 2. The second-order valence-electron chi connectivity index (χ2n) is 3.97. The number of aromatic nitrogens is 4. The molecule has 0 fully saturated rings. The van der Waals surface area contributed by atoms with Crippen LogP contribution in [0.15, 0.2) is 37.1 Å². The summed E-state index contributed by atoms with van der Waals surface area (Å²) >= 11 is 0. The summed E-state index contributed by atoms with van der Waals surface area (Å²) in [4.78, 5) is 15.2. The van der Waals surface area contributed by atoms with E-state index in [1.54, 1.807) is 19.6 Å². The zero-order valence-electron chi connectivity index (χ0n) is 9.61. The molecule has 6 heteroatoms. The Hall–Kier alpha value is -2.63. The molecule has 0 saturated heterocycles. The minimum Gasteiger partial charge on any atom is -0.478 e. The van der Waals surface area contributed by atoms with Crippen LogP contribution in [-0.2, 0) is 7.05 Å². The van der Waals surface area contributed by atoms with Gasteiger partial charge < -0.3 is 9.51 Å². The van der Waals surface area contributed by atoms with Crippen molar-refractivity contribution in [1.82, 2.24) is 19.2 Å². The van der Waals surface area contributed by atoms with Gasteiger partial charge in [0.15, 0.2) is 0 Å². The number of carboxylic acid groups (broad SMARTS) is 1. The van der Waals surface area contributed by atoms with Gasteiger partial charge in [0.25, 0.3) is 0 Å². The summed E-state index contributed by atoms with van der Waals surface area (Å²) in [6.45, 7) is 0. The molecule has 0 aliphatic rings. The SMILES string of the molecule is Cn1cc(C(=O)O)c(-c2ccn3cnccc23)n1. The molecule has 0 spiro atoms. The summed E-state index contributed by atoms with van der Waals surface area (Å²) in [7, 11) is 1.70. The van der Waals surface area contributed by atoms with E-state index in [9.17, 15) is 9.90 Å². The number of fused-ring (bicyclic) bond motifs is 1. The highest BCUT2D eigenvalue weighted by atomic mass is 16.4. The van der Waals surface area contributed by atoms with Gasteiger partial charge in [0, 0.05) is 31.2 Å². The van der Waals surface area contributed by atoms with Crippen molar-refractivity contribution in [3.8, 4) is 11.3 Å². The monoisotopic (exact) mass is 242 g/mol. The molecule has 0 radical (unpaired) electrons. The fourth-order valence-corrected chi connectivity index (χ4v) is 2.00. The van der Waals surface area contributed by atoms with Crippen LogP contribution in [0.25, 0.3) is 16.8 Å². The van der Waals surface area contributed by atoms with Gasteiger partial charge in [0.2, 0.25) is 0 Å². The molecule has 3 heterocycles. The quantitative estimate of drug-likeness (QED) is 0.737. The van der Waals surface area contributed by atoms with Gasteiger partial charge in [-0.1, -0.05) is 0 Å². The van der Waals surface area contributed by atoms with Crippen LogP contribution >= 0.6 is 0 Å². The van der Waals surface area contributed by atoms with Gasteiger partial charge in [-0.25, -0.2) is 9.78 Å². The molecule has 0 atom stereocenters. The fraction of sp³-hybridized carbons (Fsp3) is 0.0833. The number of carboxylic acids is 1. The van der Waals surface area contributed by atoms with Gasteiger partial charge in [-0.15, -0.1) is 0 Å². The van der Waals surface area contributed by atoms with Gasteiger partial charge in [-0.3, -0.25) is 4.68 Å². The molecule has 18 heavy (non-hydrogen) atoms. The minimum absolute atomic E-state index is 0.197. The third-order valence-electron chi connectivity index (χ3n) is 2.78. The van der Waals surface area contributed by atoms with Crippen LogP contribution in [0.4, 0.5) is 0 Å². The van der Waals surface area contributed by atoms with Crippen molar-refractivity contribution in [1.29, 1.82) is 0 Å². The third-order valence-corrected chi connectivity index (χ3v) is 2.78. The van der Waals surface area contributed by atoms with Crippen LogP contribution in [0.2, 0.25) is 0 Å². The molecule has 0 bridgehead atoms. The second kappa shape index (κ2) is 3.69. The fourth-order valence-electron chi connectivity index (χ4n) is 2.00. The van der Waals surface area contributed by atoms with E-state index in [4.69, 9.17) is 0 Å². The van der Waals surface area contributed by atoms with E-state index in [1.165, 1.54) is 10.9 Å². The molecule has 0 amide bonds. The topological polar surface area (TPSA) is 72.4 Å². The molecule has 0 aliphatic carbocycles. The molecule has 3 aromatic heterocycles. The average molecular weight is 242 g/mol. The van der Waals surface area contributed by atoms with E-state index in [0.29, 0.717) is 5.69 Å². The summed E-state index contributed by atoms with van der Waals surface area (Å²) in [6, 6.07) is 3.67. The van der Waals surface area contributed by atoms with E-state index < -0.39 is 5.97 Å². The van der Waals surface area contributed by atoms with Crippen molar-refractivity contribution in [2.24, 2.45) is 7.05 Å². The van der Waals surface area contributed by atoms with Crippen LogP contribution < -0.4 is 0 Å². The van der Waals surface area contributed by atoms with Crippen LogP contribution in [0.3, 0.4) is 0 Å². The third kappa shape index (κ3) is 1.46. The zero-order chi connectivity index (χ0) is 12.7. The Labute approximate surface area is 102 Å². The minimum atomic E-state index is -0.980. The van der Waals surface area contributed by atoms with Crippen molar-refractivity contribution in [2.45, 2.75) is 0 Å². The highest BCUT2D eigenvalue weighted by molar-refractivity contribution is 5.97. The summed E-state index contributed by atoms with van der Waals surface area (Å²) in [6.07, 6.45) is 6.67. The molecule has 3 aromatic rings. The molecule has 6 nitrogen and oxygen atoms in total. The first-order valence-corrected chi connectivity index (χ1v) is 5.35.